The van der Waals surface area contributed by atoms with E-state index < -0.39 is 21.7 Å². The minimum absolute atomic E-state index is 0.0120. The van der Waals surface area contributed by atoms with Gasteiger partial charge in [0.05, 0.1) is 22.1 Å². The third-order valence-electron chi connectivity index (χ3n) is 12.7. The Kier molecular flexibility index (Phi) is 9.23. The molecule has 0 aliphatic heterocycles. The third kappa shape index (κ3) is 6.17. The number of amides is 2. The van der Waals surface area contributed by atoms with E-state index in [0.717, 1.165) is 43.6 Å². The van der Waals surface area contributed by atoms with E-state index in [-0.39, 0.29) is 79.1 Å². The Morgan fingerprint density at radius 3 is 1.03 bits per heavy atom. The second-order valence-electron chi connectivity index (χ2n) is 16.4. The fourth-order valence-electron chi connectivity index (χ4n) is 9.80. The highest BCUT2D eigenvalue weighted by atomic mass is 16.2. The van der Waals surface area contributed by atoms with E-state index in [1.807, 2.05) is 48.5 Å². The van der Waals surface area contributed by atoms with Crippen LogP contribution >= 0.6 is 0 Å². The van der Waals surface area contributed by atoms with E-state index in [1.165, 1.54) is 24.3 Å². The van der Waals surface area contributed by atoms with Gasteiger partial charge >= 0.3 is 0 Å². The maximum atomic E-state index is 14.3. The van der Waals surface area contributed by atoms with E-state index in [1.54, 1.807) is 24.3 Å². The highest BCUT2D eigenvalue weighted by molar-refractivity contribution is 6.14. The zero-order valence-corrected chi connectivity index (χ0v) is 34.4. The molecule has 0 aliphatic carbocycles. The highest BCUT2D eigenvalue weighted by Gasteiger charge is 2.21. The lowest BCUT2D eigenvalue weighted by Gasteiger charge is -2.12. The maximum Gasteiger partial charge on any atom is 0.224 e. The first kappa shape index (κ1) is 38.7. The Bertz CT molecular complexity index is 3640. The van der Waals surface area contributed by atoms with Gasteiger partial charge in [0.15, 0.2) is 21.7 Å². The van der Waals surface area contributed by atoms with Crippen LogP contribution in [0.3, 0.4) is 0 Å². The summed E-state index contributed by atoms with van der Waals surface area (Å²) in [4.78, 5) is 83.8. The van der Waals surface area contributed by atoms with Crippen LogP contribution in [0.4, 0.5) is 11.4 Å². The largest absolute Gasteiger partial charge is 0.340 e. The van der Waals surface area contributed by atoms with Crippen molar-refractivity contribution in [1.29, 1.82) is 0 Å². The average Bonchev–Trinajstić information content (AvgIpc) is 3.81. The van der Waals surface area contributed by atoms with E-state index in [4.69, 9.17) is 0 Å². The second kappa shape index (κ2) is 15.3. The molecule has 310 valence electrons. The summed E-state index contributed by atoms with van der Waals surface area (Å²) in [6.45, 7) is 1.19. The summed E-state index contributed by atoms with van der Waals surface area (Å²) in [6, 6.07) is 44.7. The zero-order valence-electron chi connectivity index (χ0n) is 34.4. The number of carbonyl (C=O) groups excluding carboxylic acids is 2. The molecule has 2 amide bonds. The van der Waals surface area contributed by atoms with E-state index in [2.05, 4.69) is 68.3 Å². The lowest BCUT2D eigenvalue weighted by Crippen LogP contribution is -2.20. The first-order chi connectivity index (χ1) is 31.3. The molecule has 64 heavy (non-hydrogen) atoms. The van der Waals surface area contributed by atoms with Crippen LogP contribution in [-0.4, -0.2) is 20.9 Å². The van der Waals surface area contributed by atoms with Crippen LogP contribution in [0.25, 0.3) is 86.7 Å². The van der Waals surface area contributed by atoms with Crippen molar-refractivity contribution in [2.45, 2.75) is 38.8 Å². The van der Waals surface area contributed by atoms with Crippen LogP contribution < -0.4 is 32.3 Å². The van der Waals surface area contributed by atoms with Crippen LogP contribution in [0.2, 0.25) is 0 Å². The van der Waals surface area contributed by atoms with Crippen LogP contribution in [0, 0.1) is 0 Å². The van der Waals surface area contributed by atoms with Gasteiger partial charge in [-0.25, -0.2) is 0 Å². The van der Waals surface area contributed by atoms with Crippen molar-refractivity contribution in [3.8, 4) is 0 Å². The molecule has 11 aromatic rings. The standard InChI is InChI=1S/C54H38N4O6/c59-47(25-11-27-57-43-21-5-1-13-31(43)32-14-2-6-22-44(32)57)55-41-19-9-17-35-49(41)53(63)39-29-38-40(30-37(39)51(35)61)54(64)50-36(52(38)62)18-10-20-42(50)56-48(60)26-12-28-58-45-23-7-3-15-33(45)34-16-4-8-24-46(34)58/h1-10,13-24,29-30H,11-12,25-28H2,(H,55,59)(H,56,60). The second-order valence-corrected chi connectivity index (χ2v) is 16.4. The van der Waals surface area contributed by atoms with Gasteiger partial charge in [0.25, 0.3) is 0 Å². The fraction of sp³-hybridized carbons (Fsp3) is 0.111. The molecule has 9 aromatic carbocycles. The molecule has 0 radical (unpaired) electrons. The summed E-state index contributed by atoms with van der Waals surface area (Å²) in [7, 11) is 0. The Morgan fingerprint density at radius 1 is 0.359 bits per heavy atom. The van der Waals surface area contributed by atoms with Crippen LogP contribution in [0.1, 0.15) is 25.7 Å². The molecular weight excluding hydrogens is 801 g/mol. The van der Waals surface area contributed by atoms with Gasteiger partial charge < -0.3 is 19.8 Å². The molecule has 11 rings (SSSR count). The van der Waals surface area contributed by atoms with E-state index >= 15 is 0 Å². The van der Waals surface area contributed by atoms with Gasteiger partial charge in [-0.1, -0.05) is 97.1 Å². The van der Waals surface area contributed by atoms with Crippen LogP contribution in [0.15, 0.2) is 165 Å². The van der Waals surface area contributed by atoms with E-state index in [0.29, 0.717) is 25.9 Å². The first-order valence-electron chi connectivity index (χ1n) is 21.4. The van der Waals surface area contributed by atoms with Gasteiger partial charge in [-0.3, -0.25) is 28.8 Å². The number of hydrogen-bond donors (Lipinski definition) is 2. The fourth-order valence-corrected chi connectivity index (χ4v) is 9.80. The number of aryl methyl sites for hydroxylation is 2. The molecule has 0 spiro atoms. The molecule has 10 nitrogen and oxygen atoms in total. The zero-order chi connectivity index (χ0) is 43.6. The smallest absolute Gasteiger partial charge is 0.224 e. The number of rotatable bonds is 10. The number of nitrogens with one attached hydrogen (secondary N) is 2. The van der Waals surface area contributed by atoms with Crippen LogP contribution in [-0.2, 0) is 22.7 Å². The molecule has 0 atom stereocenters. The van der Waals surface area contributed by atoms with Gasteiger partial charge in [0.2, 0.25) is 11.8 Å². The summed E-state index contributed by atoms with van der Waals surface area (Å²) in [5.74, 6) is -0.622. The van der Waals surface area contributed by atoms with Gasteiger partial charge in [0.1, 0.15) is 0 Å². The molecular formula is C54H38N4O6. The number of carbonyl (C=O) groups is 2. The number of nitrogens with zero attached hydrogens (tertiary/aromatic N) is 2. The van der Waals surface area contributed by atoms with Gasteiger partial charge in [0, 0.05) is 102 Å². The summed E-state index contributed by atoms with van der Waals surface area (Å²) in [5.41, 5.74) is 2.63. The number of para-hydroxylation sites is 4. The highest BCUT2D eigenvalue weighted by Crippen LogP contribution is 2.31. The lowest BCUT2D eigenvalue weighted by molar-refractivity contribution is -0.117. The van der Waals surface area contributed by atoms with Gasteiger partial charge in [-0.05, 0) is 61.4 Å². The number of aromatic nitrogens is 2. The Balaban J connectivity index is 0.873. The van der Waals surface area contributed by atoms with E-state index in [9.17, 15) is 28.8 Å². The topological polar surface area (TPSA) is 136 Å². The molecule has 0 saturated carbocycles. The number of fused-ring (bicyclic) bond motifs is 10. The lowest BCUT2D eigenvalue weighted by atomic mass is 9.95. The first-order valence-corrected chi connectivity index (χ1v) is 21.4. The average molecular weight is 839 g/mol. The molecule has 2 N–H and O–H groups in total. The molecule has 10 heteroatoms. The molecule has 0 fully saturated rings. The van der Waals surface area contributed by atoms with Crippen molar-refractivity contribution in [1.82, 2.24) is 9.13 Å². The minimum atomic E-state index is -0.540. The minimum Gasteiger partial charge on any atom is -0.340 e. The number of anilines is 2. The number of hydrogen-bond acceptors (Lipinski definition) is 6. The normalized spacial score (nSPS) is 11.9. The molecule has 2 heterocycles. The number of benzene rings is 9. The third-order valence-corrected chi connectivity index (χ3v) is 12.7. The van der Waals surface area contributed by atoms with Crippen molar-refractivity contribution in [2.24, 2.45) is 0 Å². The summed E-state index contributed by atoms with van der Waals surface area (Å²) >= 11 is 0. The quantitative estimate of drug-likeness (QED) is 0.132. The Morgan fingerprint density at radius 2 is 0.672 bits per heavy atom. The van der Waals surface area contributed by atoms with Crippen LogP contribution in [0.5, 0.6) is 0 Å². The Labute approximate surface area is 363 Å². The predicted octanol–water partition coefficient (Wildman–Crippen LogP) is 9.67. The molecule has 0 unspecified atom stereocenters. The summed E-state index contributed by atoms with van der Waals surface area (Å²) in [6.07, 6.45) is 1.38. The molecule has 0 aliphatic rings. The van der Waals surface area contributed by atoms with Crippen molar-refractivity contribution in [3.05, 3.63) is 186 Å². The van der Waals surface area contributed by atoms with Crippen molar-refractivity contribution in [2.75, 3.05) is 10.6 Å². The monoisotopic (exact) mass is 838 g/mol. The van der Waals surface area contributed by atoms with Crippen molar-refractivity contribution >= 4 is 110 Å². The van der Waals surface area contributed by atoms with Crippen molar-refractivity contribution in [3.63, 3.8) is 0 Å². The maximum absolute atomic E-state index is 14.3. The molecule has 0 saturated heterocycles. The van der Waals surface area contributed by atoms with Gasteiger partial charge in [-0.2, -0.15) is 0 Å². The molecule has 2 aromatic heterocycles. The van der Waals surface area contributed by atoms with Gasteiger partial charge in [-0.15, -0.1) is 0 Å². The Hall–Kier alpha value is -8.24. The molecule has 0 bridgehead atoms. The summed E-state index contributed by atoms with van der Waals surface area (Å²) in [5, 5.41) is 10.5. The predicted molar refractivity (Wildman–Crippen MR) is 259 cm³/mol. The van der Waals surface area contributed by atoms with Crippen molar-refractivity contribution < 1.29 is 9.59 Å². The summed E-state index contributed by atoms with van der Waals surface area (Å²) < 4.78 is 4.42. The SMILES string of the molecule is O=C(CCCn1c2ccccc2c2ccccc21)Nc1cccc2c(=O)c3cc4c(=O)c5c(NC(=O)CCCn6c7ccccc7c7ccccc76)cccc5c(=O)c4cc3c(=O)c12.